The Morgan fingerprint density at radius 3 is 2.66 bits per heavy atom. The average Bonchev–Trinajstić information content (AvgIpc) is 2.73. The second kappa shape index (κ2) is 9.40. The quantitative estimate of drug-likeness (QED) is 0.749. The van der Waals surface area contributed by atoms with Crippen molar-refractivity contribution in [2.24, 2.45) is 0 Å². The Bertz CT molecular complexity index is 897. The number of nitrogens with zero attached hydrogens (tertiary/aromatic N) is 5. The van der Waals surface area contributed by atoms with Crippen molar-refractivity contribution in [2.45, 2.75) is 25.8 Å². The molecule has 3 rings (SSSR count). The van der Waals surface area contributed by atoms with Crippen LogP contribution in [0.1, 0.15) is 30.7 Å². The van der Waals surface area contributed by atoms with Crippen LogP contribution in [0.25, 0.3) is 6.08 Å². The summed E-state index contributed by atoms with van der Waals surface area (Å²) in [5.41, 5.74) is 0.00240. The number of hydrogen-bond acceptors (Lipinski definition) is 6. The van der Waals surface area contributed by atoms with Crippen molar-refractivity contribution in [2.75, 3.05) is 37.0 Å². The van der Waals surface area contributed by atoms with Crippen molar-refractivity contribution in [3.8, 4) is 0 Å². The number of aromatic nitrogens is 3. The number of piperidine rings is 1. The maximum absolute atomic E-state index is 13.6. The second-order valence-corrected chi connectivity index (χ2v) is 7.01. The third-order valence-corrected chi connectivity index (χ3v) is 4.49. The lowest BCUT2D eigenvalue weighted by Gasteiger charge is -2.27. The van der Waals surface area contributed by atoms with Gasteiger partial charge < -0.3 is 15.1 Å². The van der Waals surface area contributed by atoms with Gasteiger partial charge in [-0.25, -0.2) is 8.78 Å². The zero-order valence-electron chi connectivity index (χ0n) is 16.5. The van der Waals surface area contributed by atoms with Crippen molar-refractivity contribution in [3.05, 3.63) is 47.3 Å². The molecule has 154 valence electrons. The van der Waals surface area contributed by atoms with E-state index in [4.69, 9.17) is 0 Å². The normalized spacial score (nSPS) is 14.3. The Kier molecular flexibility index (Phi) is 6.69. The summed E-state index contributed by atoms with van der Waals surface area (Å²) in [6.07, 6.45) is 5.76. The van der Waals surface area contributed by atoms with Crippen molar-refractivity contribution in [3.63, 3.8) is 0 Å². The zero-order valence-corrected chi connectivity index (χ0v) is 16.5. The molecule has 0 unspecified atom stereocenters. The summed E-state index contributed by atoms with van der Waals surface area (Å²) in [5, 5.41) is 2.67. The SMILES string of the molecule is CN(C)c1nc(CNC(=O)/C=C/c2cc(F)ccc2F)nc(N2CCCCC2)n1. The maximum Gasteiger partial charge on any atom is 0.244 e. The molecule has 0 radical (unpaired) electrons. The molecular formula is C20H24F2N6O. The number of carbonyl (C=O) groups excluding carboxylic acids is 1. The minimum absolute atomic E-state index is 0.00240. The molecule has 1 saturated heterocycles. The van der Waals surface area contributed by atoms with Gasteiger partial charge in [-0.1, -0.05) is 0 Å². The van der Waals surface area contributed by atoms with E-state index in [1.54, 1.807) is 4.90 Å². The van der Waals surface area contributed by atoms with Crippen molar-refractivity contribution < 1.29 is 13.6 Å². The van der Waals surface area contributed by atoms with E-state index in [0.717, 1.165) is 50.2 Å². The van der Waals surface area contributed by atoms with Crippen LogP contribution in [0, 0.1) is 11.6 Å². The van der Waals surface area contributed by atoms with Gasteiger partial charge in [0.05, 0.1) is 6.54 Å². The van der Waals surface area contributed by atoms with Crippen molar-refractivity contribution >= 4 is 23.9 Å². The van der Waals surface area contributed by atoms with E-state index in [1.165, 1.54) is 12.5 Å². The molecule has 1 aromatic heterocycles. The molecule has 0 saturated carbocycles. The highest BCUT2D eigenvalue weighted by Gasteiger charge is 2.17. The van der Waals surface area contributed by atoms with Gasteiger partial charge >= 0.3 is 0 Å². The predicted octanol–water partition coefficient (Wildman–Crippen LogP) is 2.54. The highest BCUT2D eigenvalue weighted by atomic mass is 19.1. The maximum atomic E-state index is 13.6. The van der Waals surface area contributed by atoms with E-state index in [1.807, 2.05) is 14.1 Å². The van der Waals surface area contributed by atoms with Crippen LogP contribution < -0.4 is 15.1 Å². The van der Waals surface area contributed by atoms with E-state index in [0.29, 0.717) is 17.7 Å². The Balaban J connectivity index is 1.68. The number of benzene rings is 1. The largest absolute Gasteiger partial charge is 0.347 e. The van der Waals surface area contributed by atoms with Gasteiger partial charge in [0.15, 0.2) is 5.82 Å². The number of carbonyl (C=O) groups is 1. The van der Waals surface area contributed by atoms with Crippen LogP contribution in [0.2, 0.25) is 0 Å². The van der Waals surface area contributed by atoms with Gasteiger partial charge in [0.2, 0.25) is 17.8 Å². The molecule has 1 aliphatic heterocycles. The first-order valence-electron chi connectivity index (χ1n) is 9.50. The molecule has 1 fully saturated rings. The van der Waals surface area contributed by atoms with Gasteiger partial charge in [0.1, 0.15) is 11.6 Å². The molecule has 1 aromatic carbocycles. The van der Waals surface area contributed by atoms with E-state index < -0.39 is 17.5 Å². The Morgan fingerprint density at radius 1 is 1.17 bits per heavy atom. The minimum atomic E-state index is -0.602. The van der Waals surface area contributed by atoms with Gasteiger partial charge in [0, 0.05) is 38.8 Å². The first kappa shape index (κ1) is 20.6. The fourth-order valence-corrected chi connectivity index (χ4v) is 2.94. The minimum Gasteiger partial charge on any atom is -0.347 e. The first-order chi connectivity index (χ1) is 13.9. The van der Waals surface area contributed by atoms with Crippen LogP contribution in [-0.4, -0.2) is 48.0 Å². The molecule has 2 heterocycles. The molecule has 0 bridgehead atoms. The summed E-state index contributed by atoms with van der Waals surface area (Å²) in [6.45, 7) is 1.88. The van der Waals surface area contributed by atoms with Gasteiger partial charge in [-0.15, -0.1) is 0 Å². The van der Waals surface area contributed by atoms with Crippen LogP contribution >= 0.6 is 0 Å². The van der Waals surface area contributed by atoms with Crippen molar-refractivity contribution in [1.29, 1.82) is 0 Å². The van der Waals surface area contributed by atoms with Crippen molar-refractivity contribution in [1.82, 2.24) is 20.3 Å². The number of rotatable bonds is 6. The molecule has 2 aromatic rings. The Hall–Kier alpha value is -3.10. The standard InChI is InChI=1S/C20H24F2N6O/c1-27(2)19-24-17(25-20(26-19)28-10-4-3-5-11-28)13-23-18(29)9-6-14-12-15(21)7-8-16(14)22/h6-9,12H,3-5,10-11,13H2,1-2H3,(H,23,29)/b9-6+. The van der Waals surface area contributed by atoms with E-state index in [-0.39, 0.29) is 12.1 Å². The molecule has 9 heteroatoms. The number of nitrogens with one attached hydrogen (secondary N) is 1. The topological polar surface area (TPSA) is 74.2 Å². The lowest BCUT2D eigenvalue weighted by molar-refractivity contribution is -0.116. The monoisotopic (exact) mass is 402 g/mol. The summed E-state index contributed by atoms with van der Waals surface area (Å²) >= 11 is 0. The molecule has 0 atom stereocenters. The highest BCUT2D eigenvalue weighted by Crippen LogP contribution is 2.18. The van der Waals surface area contributed by atoms with E-state index in [2.05, 4.69) is 25.2 Å². The number of anilines is 2. The van der Waals surface area contributed by atoms with Crippen LogP contribution in [0.3, 0.4) is 0 Å². The number of halogens is 2. The smallest absolute Gasteiger partial charge is 0.244 e. The predicted molar refractivity (Wildman–Crippen MR) is 107 cm³/mol. The fraction of sp³-hybridized carbons (Fsp3) is 0.400. The first-order valence-corrected chi connectivity index (χ1v) is 9.50. The molecule has 1 N–H and O–H groups in total. The lowest BCUT2D eigenvalue weighted by atomic mass is 10.1. The average molecular weight is 402 g/mol. The molecule has 29 heavy (non-hydrogen) atoms. The van der Waals surface area contributed by atoms with Gasteiger partial charge in [-0.2, -0.15) is 15.0 Å². The summed E-state index contributed by atoms with van der Waals surface area (Å²) in [6, 6.07) is 3.07. The molecule has 1 aliphatic rings. The van der Waals surface area contributed by atoms with Crippen LogP contribution in [0.4, 0.5) is 20.7 Å². The van der Waals surface area contributed by atoms with Gasteiger partial charge in [-0.05, 0) is 43.5 Å². The van der Waals surface area contributed by atoms with Gasteiger partial charge in [0.25, 0.3) is 0 Å². The summed E-state index contributed by atoms with van der Waals surface area (Å²) in [5.74, 6) is -0.0806. The molecule has 7 nitrogen and oxygen atoms in total. The Labute approximate surface area is 168 Å². The van der Waals surface area contributed by atoms with Crippen LogP contribution in [0.15, 0.2) is 24.3 Å². The zero-order chi connectivity index (χ0) is 20.8. The third-order valence-electron chi connectivity index (χ3n) is 4.49. The van der Waals surface area contributed by atoms with Gasteiger partial charge in [-0.3, -0.25) is 4.79 Å². The molecule has 1 amide bonds. The second-order valence-electron chi connectivity index (χ2n) is 7.01. The summed E-state index contributed by atoms with van der Waals surface area (Å²) in [4.78, 5) is 29.4. The summed E-state index contributed by atoms with van der Waals surface area (Å²) < 4.78 is 26.8. The summed E-state index contributed by atoms with van der Waals surface area (Å²) in [7, 11) is 3.68. The lowest BCUT2D eigenvalue weighted by Crippen LogP contribution is -2.32. The number of amides is 1. The number of hydrogen-bond donors (Lipinski definition) is 1. The third kappa shape index (κ3) is 5.69. The highest BCUT2D eigenvalue weighted by molar-refractivity contribution is 5.91. The van der Waals surface area contributed by atoms with E-state index in [9.17, 15) is 13.6 Å². The molecule has 0 aliphatic carbocycles. The molecular weight excluding hydrogens is 378 g/mol. The van der Waals surface area contributed by atoms with Crippen LogP contribution in [0.5, 0.6) is 0 Å². The Morgan fingerprint density at radius 2 is 1.93 bits per heavy atom. The van der Waals surface area contributed by atoms with Crippen LogP contribution in [-0.2, 0) is 11.3 Å². The van der Waals surface area contributed by atoms with E-state index >= 15 is 0 Å². The fourth-order valence-electron chi connectivity index (χ4n) is 2.94. The molecule has 0 spiro atoms.